The fourth-order valence-corrected chi connectivity index (χ4v) is 3.38. The van der Waals surface area contributed by atoms with Crippen molar-refractivity contribution in [3.63, 3.8) is 0 Å². The van der Waals surface area contributed by atoms with Crippen molar-refractivity contribution in [3.8, 4) is 0 Å². The standard InChI is InChI=1S/C20H28N2O5/c1-20(2,3)27-19(24)22-11-16-17(12-22)25-10-9-21(16)13-18(23)26-14-15-7-5-4-6-8-15/h4-8,16-17H,9-14H2,1-3H3/t16-,17+/m1/s1. The molecule has 7 heteroatoms. The minimum atomic E-state index is -0.535. The maximum Gasteiger partial charge on any atom is 0.410 e. The Morgan fingerprint density at radius 2 is 1.93 bits per heavy atom. The van der Waals surface area contributed by atoms with Gasteiger partial charge in [0.05, 0.1) is 31.8 Å². The molecular weight excluding hydrogens is 348 g/mol. The van der Waals surface area contributed by atoms with E-state index in [-0.39, 0.29) is 37.4 Å². The van der Waals surface area contributed by atoms with E-state index >= 15 is 0 Å². The molecule has 1 amide bonds. The first kappa shape index (κ1) is 19.6. The summed E-state index contributed by atoms with van der Waals surface area (Å²) in [5.74, 6) is -0.268. The molecule has 2 aliphatic rings. The largest absolute Gasteiger partial charge is 0.460 e. The van der Waals surface area contributed by atoms with Crippen LogP contribution in [0.3, 0.4) is 0 Å². The number of hydrogen-bond donors (Lipinski definition) is 0. The number of rotatable bonds is 4. The molecular formula is C20H28N2O5. The molecule has 2 saturated heterocycles. The highest BCUT2D eigenvalue weighted by molar-refractivity contribution is 5.72. The first-order valence-corrected chi connectivity index (χ1v) is 9.35. The zero-order valence-corrected chi connectivity index (χ0v) is 16.2. The Bertz CT molecular complexity index is 658. The SMILES string of the molecule is CC(C)(C)OC(=O)N1C[C@@H]2OCCN(CC(=O)OCc3ccccc3)[C@@H]2C1. The maximum atomic E-state index is 12.3. The van der Waals surface area contributed by atoms with E-state index in [2.05, 4.69) is 0 Å². The van der Waals surface area contributed by atoms with Gasteiger partial charge in [-0.05, 0) is 26.3 Å². The quantitative estimate of drug-likeness (QED) is 0.749. The lowest BCUT2D eigenvalue weighted by Crippen LogP contribution is -2.52. The third kappa shape index (κ3) is 5.43. The lowest BCUT2D eigenvalue weighted by Gasteiger charge is -2.35. The normalized spacial score (nSPS) is 23.0. The van der Waals surface area contributed by atoms with Crippen molar-refractivity contribution < 1.29 is 23.8 Å². The van der Waals surface area contributed by atoms with Crippen LogP contribution in [0.15, 0.2) is 30.3 Å². The summed E-state index contributed by atoms with van der Waals surface area (Å²) in [6.07, 6.45) is -0.444. The first-order chi connectivity index (χ1) is 12.8. The van der Waals surface area contributed by atoms with E-state index in [4.69, 9.17) is 14.2 Å². The predicted molar refractivity (Wildman–Crippen MR) is 99.1 cm³/mol. The molecule has 1 aromatic rings. The van der Waals surface area contributed by atoms with Crippen molar-refractivity contribution in [1.29, 1.82) is 0 Å². The summed E-state index contributed by atoms with van der Waals surface area (Å²) in [6.45, 7) is 8.15. The summed E-state index contributed by atoms with van der Waals surface area (Å²) in [7, 11) is 0. The Morgan fingerprint density at radius 3 is 2.63 bits per heavy atom. The average Bonchev–Trinajstić information content (AvgIpc) is 3.05. The maximum absolute atomic E-state index is 12.3. The molecule has 148 valence electrons. The Balaban J connectivity index is 1.52. The van der Waals surface area contributed by atoms with Gasteiger partial charge in [0.2, 0.25) is 0 Å². The van der Waals surface area contributed by atoms with Crippen LogP contribution in [0.1, 0.15) is 26.3 Å². The third-order valence-corrected chi connectivity index (χ3v) is 4.64. The predicted octanol–water partition coefficient (Wildman–Crippen LogP) is 2.05. The van der Waals surface area contributed by atoms with Gasteiger partial charge >= 0.3 is 12.1 Å². The van der Waals surface area contributed by atoms with Crippen molar-refractivity contribution in [2.75, 3.05) is 32.8 Å². The summed E-state index contributed by atoms with van der Waals surface area (Å²) in [5.41, 5.74) is 0.426. The second-order valence-electron chi connectivity index (χ2n) is 7.98. The van der Waals surface area contributed by atoms with E-state index < -0.39 is 5.60 Å². The van der Waals surface area contributed by atoms with Gasteiger partial charge in [0.15, 0.2) is 0 Å². The fourth-order valence-electron chi connectivity index (χ4n) is 3.38. The van der Waals surface area contributed by atoms with Crippen LogP contribution in [-0.2, 0) is 25.6 Å². The van der Waals surface area contributed by atoms with Crippen molar-refractivity contribution in [2.24, 2.45) is 0 Å². The van der Waals surface area contributed by atoms with E-state index in [9.17, 15) is 9.59 Å². The van der Waals surface area contributed by atoms with Gasteiger partial charge in [-0.2, -0.15) is 0 Å². The molecule has 0 N–H and O–H groups in total. The van der Waals surface area contributed by atoms with E-state index in [0.29, 0.717) is 26.2 Å². The van der Waals surface area contributed by atoms with Gasteiger partial charge in [-0.1, -0.05) is 30.3 Å². The lowest BCUT2D eigenvalue weighted by atomic mass is 10.1. The Morgan fingerprint density at radius 1 is 1.19 bits per heavy atom. The van der Waals surface area contributed by atoms with Crippen molar-refractivity contribution >= 4 is 12.1 Å². The van der Waals surface area contributed by atoms with Gasteiger partial charge in [-0.15, -0.1) is 0 Å². The van der Waals surface area contributed by atoms with Crippen LogP contribution in [0.2, 0.25) is 0 Å². The van der Waals surface area contributed by atoms with Gasteiger partial charge in [0.1, 0.15) is 12.2 Å². The summed E-state index contributed by atoms with van der Waals surface area (Å²) in [4.78, 5) is 28.3. The smallest absolute Gasteiger partial charge is 0.410 e. The van der Waals surface area contributed by atoms with Gasteiger partial charge in [0, 0.05) is 13.1 Å². The van der Waals surface area contributed by atoms with Crippen LogP contribution in [-0.4, -0.2) is 72.4 Å². The lowest BCUT2D eigenvalue weighted by molar-refractivity contribution is -0.149. The number of likely N-dealkylation sites (tertiary alicyclic amines) is 1. The molecule has 2 heterocycles. The van der Waals surface area contributed by atoms with E-state index in [1.807, 2.05) is 56.0 Å². The highest BCUT2D eigenvalue weighted by Gasteiger charge is 2.43. The summed E-state index contributed by atoms with van der Waals surface area (Å²) < 4.78 is 16.7. The number of benzene rings is 1. The topological polar surface area (TPSA) is 68.3 Å². The van der Waals surface area contributed by atoms with Gasteiger partial charge in [0.25, 0.3) is 0 Å². The number of fused-ring (bicyclic) bond motifs is 1. The molecule has 3 rings (SSSR count). The highest BCUT2D eigenvalue weighted by Crippen LogP contribution is 2.24. The second-order valence-corrected chi connectivity index (χ2v) is 7.98. The minimum Gasteiger partial charge on any atom is -0.460 e. The Kier molecular flexibility index (Phi) is 6.01. The number of nitrogens with zero attached hydrogens (tertiary/aromatic N) is 2. The molecule has 0 unspecified atom stereocenters. The molecule has 2 atom stereocenters. The molecule has 27 heavy (non-hydrogen) atoms. The molecule has 0 spiro atoms. The number of carbonyl (C=O) groups is 2. The Labute approximate surface area is 160 Å². The zero-order valence-electron chi connectivity index (χ0n) is 16.2. The molecule has 2 fully saturated rings. The second kappa shape index (κ2) is 8.27. The molecule has 0 radical (unpaired) electrons. The number of hydrogen-bond acceptors (Lipinski definition) is 6. The average molecular weight is 376 g/mol. The zero-order chi connectivity index (χ0) is 19.4. The minimum absolute atomic E-state index is 0.0180. The van der Waals surface area contributed by atoms with E-state index in [1.54, 1.807) is 4.90 Å². The van der Waals surface area contributed by atoms with Crippen LogP contribution in [0.4, 0.5) is 4.79 Å². The molecule has 7 nitrogen and oxygen atoms in total. The fraction of sp³-hybridized carbons (Fsp3) is 0.600. The number of carbonyl (C=O) groups excluding carboxylic acids is 2. The molecule has 1 aromatic carbocycles. The number of esters is 1. The van der Waals surface area contributed by atoms with Crippen LogP contribution in [0, 0.1) is 0 Å². The van der Waals surface area contributed by atoms with Crippen molar-refractivity contribution in [1.82, 2.24) is 9.80 Å². The van der Waals surface area contributed by atoms with Crippen LogP contribution in [0.5, 0.6) is 0 Å². The van der Waals surface area contributed by atoms with E-state index in [0.717, 1.165) is 5.56 Å². The van der Waals surface area contributed by atoms with Crippen LogP contribution < -0.4 is 0 Å². The van der Waals surface area contributed by atoms with Crippen LogP contribution in [0.25, 0.3) is 0 Å². The number of amides is 1. The summed E-state index contributed by atoms with van der Waals surface area (Å²) >= 11 is 0. The van der Waals surface area contributed by atoms with Crippen molar-refractivity contribution in [2.45, 2.75) is 45.1 Å². The third-order valence-electron chi connectivity index (χ3n) is 4.64. The monoisotopic (exact) mass is 376 g/mol. The number of morpholine rings is 1. The summed E-state index contributed by atoms with van der Waals surface area (Å²) in [5, 5.41) is 0. The molecule has 2 aliphatic heterocycles. The first-order valence-electron chi connectivity index (χ1n) is 9.35. The van der Waals surface area contributed by atoms with Crippen LogP contribution >= 0.6 is 0 Å². The summed E-state index contributed by atoms with van der Waals surface area (Å²) in [6, 6.07) is 9.59. The molecule has 0 bridgehead atoms. The van der Waals surface area contributed by atoms with Gasteiger partial charge in [-0.25, -0.2) is 4.79 Å². The molecule has 0 aromatic heterocycles. The number of ether oxygens (including phenoxy) is 3. The van der Waals surface area contributed by atoms with Crippen molar-refractivity contribution in [3.05, 3.63) is 35.9 Å². The Hall–Kier alpha value is -2.12. The molecule has 0 aliphatic carbocycles. The molecule has 0 saturated carbocycles. The van der Waals surface area contributed by atoms with Gasteiger partial charge < -0.3 is 19.1 Å². The highest BCUT2D eigenvalue weighted by atomic mass is 16.6. The van der Waals surface area contributed by atoms with E-state index in [1.165, 1.54) is 0 Å². The van der Waals surface area contributed by atoms with Gasteiger partial charge in [-0.3, -0.25) is 9.69 Å².